The standard InChI is InChI=1S/C10H13NO5/c1-14-10(15-2,16-3)8-6-4-5-7-9(8)11(12)13/h4-7H,1-3H3. The van der Waals surface area contributed by atoms with E-state index in [1.54, 1.807) is 12.1 Å². The number of nitro groups is 1. The Labute approximate surface area is 92.9 Å². The predicted octanol–water partition coefficient (Wildman–Crippen LogP) is 1.64. The third-order valence-corrected chi connectivity index (χ3v) is 2.24. The third-order valence-electron chi connectivity index (χ3n) is 2.24. The minimum atomic E-state index is -1.55. The Morgan fingerprint density at radius 3 is 2.06 bits per heavy atom. The van der Waals surface area contributed by atoms with Gasteiger partial charge in [-0.2, -0.15) is 0 Å². The highest BCUT2D eigenvalue weighted by molar-refractivity contribution is 5.41. The summed E-state index contributed by atoms with van der Waals surface area (Å²) in [6, 6.07) is 6.09. The molecule has 1 aromatic rings. The molecule has 0 atom stereocenters. The fraction of sp³-hybridized carbons (Fsp3) is 0.400. The minimum absolute atomic E-state index is 0.118. The molecular formula is C10H13NO5. The van der Waals surface area contributed by atoms with Crippen LogP contribution in [-0.2, 0) is 20.2 Å². The first-order valence-corrected chi connectivity index (χ1v) is 4.50. The van der Waals surface area contributed by atoms with Crippen molar-refractivity contribution in [3.63, 3.8) is 0 Å². The maximum absolute atomic E-state index is 10.9. The van der Waals surface area contributed by atoms with Gasteiger partial charge >= 0.3 is 5.97 Å². The van der Waals surface area contributed by atoms with E-state index in [1.165, 1.54) is 33.5 Å². The number of hydrogen-bond donors (Lipinski definition) is 0. The van der Waals surface area contributed by atoms with Crippen LogP contribution in [0, 0.1) is 10.1 Å². The van der Waals surface area contributed by atoms with Gasteiger partial charge in [0.15, 0.2) is 0 Å². The number of benzene rings is 1. The molecule has 0 N–H and O–H groups in total. The SMILES string of the molecule is COC(OC)(OC)c1ccccc1[N+](=O)[O-]. The molecule has 1 aromatic carbocycles. The number of para-hydroxylation sites is 1. The summed E-state index contributed by atoms with van der Waals surface area (Å²) in [5, 5.41) is 10.9. The topological polar surface area (TPSA) is 70.8 Å². The van der Waals surface area contributed by atoms with Gasteiger partial charge in [-0.25, -0.2) is 0 Å². The number of methoxy groups -OCH3 is 3. The van der Waals surface area contributed by atoms with Crippen LogP contribution in [0.2, 0.25) is 0 Å². The van der Waals surface area contributed by atoms with Gasteiger partial charge in [-0.1, -0.05) is 12.1 Å². The lowest BCUT2D eigenvalue weighted by Crippen LogP contribution is -2.33. The van der Waals surface area contributed by atoms with Crippen molar-refractivity contribution in [2.24, 2.45) is 0 Å². The van der Waals surface area contributed by atoms with Crippen LogP contribution < -0.4 is 0 Å². The van der Waals surface area contributed by atoms with Crippen molar-refractivity contribution in [2.75, 3.05) is 21.3 Å². The van der Waals surface area contributed by atoms with Crippen molar-refractivity contribution < 1.29 is 19.1 Å². The van der Waals surface area contributed by atoms with E-state index in [2.05, 4.69) is 0 Å². The Morgan fingerprint density at radius 2 is 1.62 bits per heavy atom. The van der Waals surface area contributed by atoms with Crippen LogP contribution in [0.4, 0.5) is 5.69 Å². The summed E-state index contributed by atoms with van der Waals surface area (Å²) in [4.78, 5) is 10.3. The maximum atomic E-state index is 10.9. The fourth-order valence-electron chi connectivity index (χ4n) is 1.47. The fourth-order valence-corrected chi connectivity index (χ4v) is 1.47. The maximum Gasteiger partial charge on any atom is 0.318 e. The normalized spacial score (nSPS) is 11.4. The van der Waals surface area contributed by atoms with Crippen LogP contribution >= 0.6 is 0 Å². The lowest BCUT2D eigenvalue weighted by atomic mass is 10.1. The number of hydrogen-bond acceptors (Lipinski definition) is 5. The molecule has 0 saturated carbocycles. The highest BCUT2D eigenvalue weighted by Crippen LogP contribution is 2.33. The van der Waals surface area contributed by atoms with Gasteiger partial charge in [-0.3, -0.25) is 10.1 Å². The van der Waals surface area contributed by atoms with Crippen LogP contribution in [0.3, 0.4) is 0 Å². The quantitative estimate of drug-likeness (QED) is 0.434. The van der Waals surface area contributed by atoms with Gasteiger partial charge in [-0.05, 0) is 6.07 Å². The zero-order chi connectivity index (χ0) is 12.2. The van der Waals surface area contributed by atoms with Crippen molar-refractivity contribution in [1.82, 2.24) is 0 Å². The second-order valence-corrected chi connectivity index (χ2v) is 2.94. The van der Waals surface area contributed by atoms with Crippen molar-refractivity contribution in [2.45, 2.75) is 5.97 Å². The van der Waals surface area contributed by atoms with Crippen LogP contribution in [0.25, 0.3) is 0 Å². The largest absolute Gasteiger partial charge is 0.327 e. The molecule has 0 saturated heterocycles. The number of rotatable bonds is 5. The molecule has 0 radical (unpaired) electrons. The summed E-state index contributed by atoms with van der Waals surface area (Å²) in [7, 11) is 4.05. The molecule has 88 valence electrons. The first kappa shape index (κ1) is 12.6. The summed E-state index contributed by atoms with van der Waals surface area (Å²) in [6.07, 6.45) is 0. The Balaban J connectivity index is 3.34. The van der Waals surface area contributed by atoms with Crippen molar-refractivity contribution >= 4 is 5.69 Å². The molecular weight excluding hydrogens is 214 g/mol. The molecule has 6 nitrogen and oxygen atoms in total. The second-order valence-electron chi connectivity index (χ2n) is 2.94. The number of ether oxygens (including phenoxy) is 3. The molecule has 0 amide bonds. The summed E-state index contributed by atoms with van der Waals surface area (Å²) >= 11 is 0. The van der Waals surface area contributed by atoms with E-state index >= 15 is 0 Å². The van der Waals surface area contributed by atoms with Gasteiger partial charge in [-0.15, -0.1) is 0 Å². The van der Waals surface area contributed by atoms with Crippen molar-refractivity contribution in [3.8, 4) is 0 Å². The molecule has 16 heavy (non-hydrogen) atoms. The van der Waals surface area contributed by atoms with E-state index < -0.39 is 10.9 Å². The van der Waals surface area contributed by atoms with Gasteiger partial charge < -0.3 is 14.2 Å². The summed E-state index contributed by atoms with van der Waals surface area (Å²) in [5.41, 5.74) is 0.0977. The van der Waals surface area contributed by atoms with Crippen LogP contribution in [-0.4, -0.2) is 26.3 Å². The van der Waals surface area contributed by atoms with E-state index in [1.807, 2.05) is 0 Å². The first-order chi connectivity index (χ1) is 7.61. The molecule has 0 bridgehead atoms. The van der Waals surface area contributed by atoms with Gasteiger partial charge in [0.05, 0.1) is 4.92 Å². The lowest BCUT2D eigenvalue weighted by Gasteiger charge is -2.28. The second kappa shape index (κ2) is 5.02. The molecule has 0 aliphatic heterocycles. The Hall–Kier alpha value is -1.50. The van der Waals surface area contributed by atoms with Gasteiger partial charge in [0.1, 0.15) is 5.56 Å². The Bertz CT molecular complexity index is 367. The van der Waals surface area contributed by atoms with Crippen LogP contribution in [0.5, 0.6) is 0 Å². The van der Waals surface area contributed by atoms with E-state index in [4.69, 9.17) is 14.2 Å². The van der Waals surface area contributed by atoms with E-state index in [0.717, 1.165) is 0 Å². The molecule has 1 rings (SSSR count). The molecule has 0 aromatic heterocycles. The molecule has 0 aliphatic carbocycles. The predicted molar refractivity (Wildman–Crippen MR) is 55.8 cm³/mol. The average Bonchev–Trinajstić information content (AvgIpc) is 2.32. The molecule has 0 aliphatic rings. The molecule has 0 spiro atoms. The molecule has 6 heteroatoms. The van der Waals surface area contributed by atoms with Crippen molar-refractivity contribution in [1.29, 1.82) is 0 Å². The lowest BCUT2D eigenvalue weighted by molar-refractivity contribution is -0.402. The summed E-state index contributed by atoms with van der Waals surface area (Å²) in [6.45, 7) is 0. The summed E-state index contributed by atoms with van der Waals surface area (Å²) < 4.78 is 15.2. The third kappa shape index (κ3) is 2.04. The number of nitro benzene ring substituents is 1. The van der Waals surface area contributed by atoms with Crippen LogP contribution in [0.1, 0.15) is 5.56 Å². The molecule has 0 heterocycles. The Morgan fingerprint density at radius 1 is 1.12 bits per heavy atom. The van der Waals surface area contributed by atoms with Gasteiger partial charge in [0.2, 0.25) is 0 Å². The first-order valence-electron chi connectivity index (χ1n) is 4.50. The molecule has 0 unspecified atom stereocenters. The van der Waals surface area contributed by atoms with E-state index in [0.29, 0.717) is 0 Å². The van der Waals surface area contributed by atoms with Gasteiger partial charge in [0.25, 0.3) is 5.69 Å². The highest BCUT2D eigenvalue weighted by atomic mass is 16.9. The molecule has 0 fully saturated rings. The minimum Gasteiger partial charge on any atom is -0.327 e. The zero-order valence-electron chi connectivity index (χ0n) is 9.30. The zero-order valence-corrected chi connectivity index (χ0v) is 9.30. The Kier molecular flexibility index (Phi) is 3.94. The monoisotopic (exact) mass is 227 g/mol. The summed E-state index contributed by atoms with van der Waals surface area (Å²) in [5.74, 6) is -1.55. The van der Waals surface area contributed by atoms with E-state index in [9.17, 15) is 10.1 Å². The highest BCUT2D eigenvalue weighted by Gasteiger charge is 2.38. The van der Waals surface area contributed by atoms with E-state index in [-0.39, 0.29) is 11.3 Å². The van der Waals surface area contributed by atoms with Crippen molar-refractivity contribution in [3.05, 3.63) is 39.9 Å². The van der Waals surface area contributed by atoms with Crippen LogP contribution in [0.15, 0.2) is 24.3 Å². The average molecular weight is 227 g/mol. The smallest absolute Gasteiger partial charge is 0.318 e. The number of nitrogens with zero attached hydrogens (tertiary/aromatic N) is 1. The van der Waals surface area contributed by atoms with Gasteiger partial charge in [0, 0.05) is 27.4 Å².